The van der Waals surface area contributed by atoms with E-state index in [0.29, 0.717) is 5.54 Å². The summed E-state index contributed by atoms with van der Waals surface area (Å²) >= 11 is 0. The molecule has 3 heterocycles. The minimum atomic E-state index is -0.764. The van der Waals surface area contributed by atoms with Gasteiger partial charge >= 0.3 is 5.97 Å². The fourth-order valence-electron chi connectivity index (χ4n) is 4.60. The van der Waals surface area contributed by atoms with Gasteiger partial charge in [0, 0.05) is 23.6 Å². The maximum Gasteiger partial charge on any atom is 0.303 e. The maximum atomic E-state index is 11.2. The smallest absolute Gasteiger partial charge is 0.303 e. The van der Waals surface area contributed by atoms with Gasteiger partial charge in [0.25, 0.3) is 0 Å². The summed E-state index contributed by atoms with van der Waals surface area (Å²) in [6.45, 7) is 0. The zero-order valence-corrected chi connectivity index (χ0v) is 17.6. The van der Waals surface area contributed by atoms with E-state index in [1.54, 1.807) is 12.4 Å². The van der Waals surface area contributed by atoms with Crippen molar-refractivity contribution < 1.29 is 9.90 Å². The van der Waals surface area contributed by atoms with Gasteiger partial charge in [-0.15, -0.1) is 0 Å². The van der Waals surface area contributed by atoms with Gasteiger partial charge in [0.2, 0.25) is 0 Å². The quantitative estimate of drug-likeness (QED) is 0.544. The Bertz CT molecular complexity index is 852. The van der Waals surface area contributed by atoms with Gasteiger partial charge in [0.05, 0.1) is 6.42 Å². The number of pyridine rings is 1. The number of carboxylic acids is 1. The second-order valence-corrected chi connectivity index (χ2v) is 8.99. The number of aryl methyl sites for hydroxylation is 2. The average molecular weight is 409 g/mol. The van der Waals surface area contributed by atoms with Crippen molar-refractivity contribution in [3.8, 4) is 0 Å². The number of carbonyl (C=O) groups is 1. The molecule has 0 saturated heterocycles. The zero-order valence-electron chi connectivity index (χ0n) is 17.6. The van der Waals surface area contributed by atoms with Crippen LogP contribution in [0.2, 0.25) is 0 Å². The number of nitrogens with zero attached hydrogens (tertiary/aromatic N) is 3. The molecule has 6 nitrogen and oxygen atoms in total. The highest BCUT2D eigenvalue weighted by Crippen LogP contribution is 2.45. The molecule has 2 aliphatic rings. The first-order valence-electron chi connectivity index (χ1n) is 11.4. The highest BCUT2D eigenvalue weighted by molar-refractivity contribution is 5.68. The van der Waals surface area contributed by atoms with Crippen LogP contribution in [0.15, 0.2) is 30.9 Å². The second kappa shape index (κ2) is 9.54. The van der Waals surface area contributed by atoms with E-state index in [1.165, 1.54) is 43.3 Å². The number of hydrogen-bond acceptors (Lipinski definition) is 5. The molecule has 0 amide bonds. The number of carboxylic acid groups (broad SMARTS) is 1. The summed E-state index contributed by atoms with van der Waals surface area (Å²) in [5.74, 6) is 0.361. The lowest BCUT2D eigenvalue weighted by Gasteiger charge is -2.16. The Morgan fingerprint density at radius 3 is 2.67 bits per heavy atom. The predicted octanol–water partition coefficient (Wildman–Crippen LogP) is 4.90. The van der Waals surface area contributed by atoms with Crippen molar-refractivity contribution in [2.24, 2.45) is 0 Å². The van der Waals surface area contributed by atoms with E-state index in [9.17, 15) is 9.90 Å². The molecule has 2 aromatic heterocycles. The monoisotopic (exact) mass is 408 g/mol. The van der Waals surface area contributed by atoms with Gasteiger partial charge in [0.1, 0.15) is 12.1 Å². The van der Waals surface area contributed by atoms with Gasteiger partial charge < -0.3 is 10.4 Å². The van der Waals surface area contributed by atoms with Gasteiger partial charge in [-0.3, -0.25) is 4.79 Å². The fraction of sp³-hybridized carbons (Fsp3) is 0.583. The van der Waals surface area contributed by atoms with E-state index in [4.69, 9.17) is 4.98 Å². The summed E-state index contributed by atoms with van der Waals surface area (Å²) in [7, 11) is 0. The number of nitrogens with one attached hydrogen (secondary N) is 1. The SMILES string of the molecule is O=C(O)CC(CCCCCCc1ccc2c(n1)NC1(CCC2)CC1)c1cncnc1. The average Bonchev–Trinajstić information content (AvgIpc) is 3.53. The first kappa shape index (κ1) is 20.8. The molecule has 1 fully saturated rings. The minimum Gasteiger partial charge on any atom is -0.481 e. The van der Waals surface area contributed by atoms with Crippen molar-refractivity contribution in [2.75, 3.05) is 5.32 Å². The molecule has 0 radical (unpaired) electrons. The summed E-state index contributed by atoms with van der Waals surface area (Å²) in [4.78, 5) is 24.2. The van der Waals surface area contributed by atoms with Gasteiger partial charge in [0.15, 0.2) is 0 Å². The van der Waals surface area contributed by atoms with E-state index in [1.807, 2.05) is 0 Å². The van der Waals surface area contributed by atoms with Crippen LogP contribution >= 0.6 is 0 Å². The van der Waals surface area contributed by atoms with Gasteiger partial charge in [-0.2, -0.15) is 0 Å². The molecule has 0 bridgehead atoms. The number of rotatable bonds is 10. The van der Waals surface area contributed by atoms with E-state index in [2.05, 4.69) is 27.4 Å². The van der Waals surface area contributed by atoms with Gasteiger partial charge in [-0.05, 0) is 74.5 Å². The topological polar surface area (TPSA) is 88.0 Å². The van der Waals surface area contributed by atoms with Crippen molar-refractivity contribution in [3.63, 3.8) is 0 Å². The van der Waals surface area contributed by atoms with E-state index >= 15 is 0 Å². The van der Waals surface area contributed by atoms with Crippen LogP contribution in [-0.4, -0.2) is 31.6 Å². The number of hydrogen-bond donors (Lipinski definition) is 2. The number of unbranched alkanes of at least 4 members (excludes halogenated alkanes) is 3. The summed E-state index contributed by atoms with van der Waals surface area (Å²) in [6, 6.07) is 4.47. The zero-order chi connectivity index (χ0) is 20.8. The Morgan fingerprint density at radius 2 is 1.90 bits per heavy atom. The van der Waals surface area contributed by atoms with Crippen LogP contribution in [0.25, 0.3) is 0 Å². The normalized spacial score (nSPS) is 17.6. The van der Waals surface area contributed by atoms with Gasteiger partial charge in [-0.1, -0.05) is 25.3 Å². The Balaban J connectivity index is 1.21. The fourth-order valence-corrected chi connectivity index (χ4v) is 4.60. The van der Waals surface area contributed by atoms with Crippen molar-refractivity contribution in [1.29, 1.82) is 0 Å². The molecule has 160 valence electrons. The minimum absolute atomic E-state index is 0.00392. The Morgan fingerprint density at radius 1 is 1.10 bits per heavy atom. The molecular formula is C24H32N4O2. The van der Waals surface area contributed by atoms with E-state index < -0.39 is 5.97 Å². The summed E-state index contributed by atoms with van der Waals surface area (Å²) in [6.07, 6.45) is 17.6. The number of fused-ring (bicyclic) bond motifs is 1. The molecule has 0 aromatic carbocycles. The first-order chi connectivity index (χ1) is 14.6. The summed E-state index contributed by atoms with van der Waals surface area (Å²) in [5, 5.41) is 12.9. The molecule has 1 saturated carbocycles. The number of aliphatic carboxylic acids is 1. The molecule has 1 unspecified atom stereocenters. The van der Waals surface area contributed by atoms with Crippen LogP contribution in [0, 0.1) is 0 Å². The van der Waals surface area contributed by atoms with Crippen molar-refractivity contribution in [1.82, 2.24) is 15.0 Å². The first-order valence-corrected chi connectivity index (χ1v) is 11.4. The largest absolute Gasteiger partial charge is 0.481 e. The molecule has 2 N–H and O–H groups in total. The standard InChI is InChI=1S/C24H32N4O2/c29-22(30)14-19(20-15-25-17-26-16-20)6-3-1-2-4-8-21-10-9-18-7-5-11-24(12-13-24)28-23(18)27-21/h9-10,15-17,19H,1-8,11-14H2,(H,27,28)(H,29,30). The molecule has 1 aliphatic carbocycles. The highest BCUT2D eigenvalue weighted by atomic mass is 16.4. The number of aromatic nitrogens is 3. The molecule has 1 atom stereocenters. The van der Waals surface area contributed by atoms with Crippen LogP contribution in [0.5, 0.6) is 0 Å². The van der Waals surface area contributed by atoms with Crippen LogP contribution in [-0.2, 0) is 17.6 Å². The van der Waals surface area contributed by atoms with Gasteiger partial charge in [-0.25, -0.2) is 15.0 Å². The number of anilines is 1. The Labute approximate surface area is 178 Å². The third kappa shape index (κ3) is 5.55. The molecule has 30 heavy (non-hydrogen) atoms. The van der Waals surface area contributed by atoms with Crippen LogP contribution < -0.4 is 5.32 Å². The second-order valence-electron chi connectivity index (χ2n) is 8.99. The van der Waals surface area contributed by atoms with E-state index in [-0.39, 0.29) is 12.3 Å². The van der Waals surface area contributed by atoms with Crippen LogP contribution in [0.3, 0.4) is 0 Å². The predicted molar refractivity (Wildman–Crippen MR) is 117 cm³/mol. The third-order valence-electron chi connectivity index (χ3n) is 6.58. The Kier molecular flexibility index (Phi) is 6.60. The van der Waals surface area contributed by atoms with Crippen molar-refractivity contribution in [2.45, 2.75) is 88.5 Å². The highest BCUT2D eigenvalue weighted by Gasteiger charge is 2.43. The molecule has 2 aromatic rings. The molecule has 1 spiro atoms. The lowest BCUT2D eigenvalue weighted by Crippen LogP contribution is -2.20. The molecule has 4 rings (SSSR count). The molecule has 6 heteroatoms. The lowest BCUT2D eigenvalue weighted by molar-refractivity contribution is -0.137. The third-order valence-corrected chi connectivity index (χ3v) is 6.58. The maximum absolute atomic E-state index is 11.2. The lowest BCUT2D eigenvalue weighted by atomic mass is 9.92. The summed E-state index contributed by atoms with van der Waals surface area (Å²) < 4.78 is 0. The van der Waals surface area contributed by atoms with Crippen molar-refractivity contribution >= 4 is 11.8 Å². The van der Waals surface area contributed by atoms with Crippen LogP contribution in [0.4, 0.5) is 5.82 Å². The van der Waals surface area contributed by atoms with E-state index in [0.717, 1.165) is 56.3 Å². The van der Waals surface area contributed by atoms with Crippen molar-refractivity contribution in [3.05, 3.63) is 47.7 Å². The Hall–Kier alpha value is -2.50. The summed E-state index contributed by atoms with van der Waals surface area (Å²) in [5.41, 5.74) is 3.84. The van der Waals surface area contributed by atoms with Crippen LogP contribution in [0.1, 0.15) is 86.9 Å². The molecule has 1 aliphatic heterocycles. The molecular weight excluding hydrogens is 376 g/mol.